The number of alkyl carbamates (subject to hydrolysis) is 1. The Morgan fingerprint density at radius 1 is 1.15 bits per heavy atom. The zero-order valence-corrected chi connectivity index (χ0v) is 16.8. The Kier molecular flexibility index (Phi) is 9.02. The molecule has 0 saturated heterocycles. The quantitative estimate of drug-likeness (QED) is 0.615. The molecule has 0 bridgehead atoms. The van der Waals surface area contributed by atoms with Gasteiger partial charge >= 0.3 is 12.1 Å². The highest BCUT2D eigenvalue weighted by molar-refractivity contribution is 6.18. The molecule has 1 atom stereocenters. The van der Waals surface area contributed by atoms with Crippen LogP contribution in [0.2, 0.25) is 0 Å². The Bertz CT molecular complexity index is 582. The molecule has 1 unspecified atom stereocenters. The first-order valence-electron chi connectivity index (χ1n) is 8.34. The van der Waals surface area contributed by atoms with E-state index in [1.807, 2.05) is 24.3 Å². The highest BCUT2D eigenvalue weighted by Crippen LogP contribution is 2.17. The second-order valence-electron chi connectivity index (χ2n) is 6.77. The van der Waals surface area contributed by atoms with Crippen LogP contribution < -0.4 is 10.2 Å². The summed E-state index contributed by atoms with van der Waals surface area (Å²) in [5.74, 6) is -0.148. The SMILES string of the molecule is CC(C)(C)OC(=O)NC(Cc1ccc(N(CCCl)CCCl)cc1)C(=O)O. The monoisotopic (exact) mass is 404 g/mol. The van der Waals surface area contributed by atoms with Crippen molar-refractivity contribution >= 4 is 41.0 Å². The predicted molar refractivity (Wildman–Crippen MR) is 105 cm³/mol. The summed E-state index contributed by atoms with van der Waals surface area (Å²) in [6.45, 7) is 6.49. The van der Waals surface area contributed by atoms with E-state index in [0.29, 0.717) is 24.8 Å². The second kappa shape index (κ2) is 10.5. The molecule has 0 heterocycles. The van der Waals surface area contributed by atoms with Gasteiger partial charge in [0.05, 0.1) is 0 Å². The number of carbonyl (C=O) groups is 2. The largest absolute Gasteiger partial charge is 0.480 e. The molecule has 6 nitrogen and oxygen atoms in total. The summed E-state index contributed by atoms with van der Waals surface area (Å²) in [6.07, 6.45) is -0.600. The molecule has 1 rings (SSSR count). The molecule has 1 aromatic carbocycles. The smallest absolute Gasteiger partial charge is 0.408 e. The molecule has 0 fully saturated rings. The highest BCUT2D eigenvalue weighted by Gasteiger charge is 2.24. The number of anilines is 1. The third-order valence-corrected chi connectivity index (χ3v) is 3.78. The van der Waals surface area contributed by atoms with Crippen molar-refractivity contribution in [3.05, 3.63) is 29.8 Å². The molecule has 0 spiro atoms. The number of carboxylic acid groups (broad SMARTS) is 1. The lowest BCUT2D eigenvalue weighted by Crippen LogP contribution is -2.44. The first-order chi connectivity index (χ1) is 12.2. The maximum absolute atomic E-state index is 11.8. The van der Waals surface area contributed by atoms with Crippen LogP contribution in [0.25, 0.3) is 0 Å². The number of halogens is 2. The van der Waals surface area contributed by atoms with Crippen LogP contribution in [0, 0.1) is 0 Å². The Balaban J connectivity index is 2.77. The summed E-state index contributed by atoms with van der Waals surface area (Å²) in [4.78, 5) is 25.3. The summed E-state index contributed by atoms with van der Waals surface area (Å²) in [5, 5.41) is 11.8. The molecule has 8 heteroatoms. The fraction of sp³-hybridized carbons (Fsp3) is 0.556. The minimum Gasteiger partial charge on any atom is -0.480 e. The lowest BCUT2D eigenvalue weighted by Gasteiger charge is -2.23. The van der Waals surface area contributed by atoms with Crippen molar-refractivity contribution in [3.8, 4) is 0 Å². The molecule has 0 radical (unpaired) electrons. The van der Waals surface area contributed by atoms with E-state index in [9.17, 15) is 14.7 Å². The van der Waals surface area contributed by atoms with Gasteiger partial charge in [-0.3, -0.25) is 0 Å². The maximum atomic E-state index is 11.8. The number of benzene rings is 1. The molecule has 146 valence electrons. The summed E-state index contributed by atoms with van der Waals surface area (Å²) in [6, 6.07) is 6.37. The Morgan fingerprint density at radius 2 is 1.69 bits per heavy atom. The number of alkyl halides is 2. The third-order valence-electron chi connectivity index (χ3n) is 3.44. The van der Waals surface area contributed by atoms with Crippen molar-refractivity contribution in [1.29, 1.82) is 0 Å². The van der Waals surface area contributed by atoms with Crippen LogP contribution in [-0.4, -0.2) is 53.7 Å². The first kappa shape index (κ1) is 22.4. The van der Waals surface area contributed by atoms with E-state index in [1.54, 1.807) is 20.8 Å². The highest BCUT2D eigenvalue weighted by atomic mass is 35.5. The van der Waals surface area contributed by atoms with Crippen molar-refractivity contribution in [1.82, 2.24) is 5.32 Å². The number of aliphatic carboxylic acids is 1. The van der Waals surface area contributed by atoms with Crippen molar-refractivity contribution in [2.75, 3.05) is 29.7 Å². The molecule has 1 aromatic rings. The number of ether oxygens (including phenoxy) is 1. The molecular formula is C18H26Cl2N2O4. The van der Waals surface area contributed by atoms with Crippen LogP contribution in [0.4, 0.5) is 10.5 Å². The van der Waals surface area contributed by atoms with Gasteiger partial charge in [0.25, 0.3) is 0 Å². The molecule has 0 aliphatic heterocycles. The van der Waals surface area contributed by atoms with Gasteiger partial charge in [-0.05, 0) is 38.5 Å². The minimum atomic E-state index is -1.12. The average molecular weight is 405 g/mol. The van der Waals surface area contributed by atoms with Crippen molar-refractivity contribution in [3.63, 3.8) is 0 Å². The van der Waals surface area contributed by atoms with E-state index in [2.05, 4.69) is 10.2 Å². The number of amides is 1. The maximum Gasteiger partial charge on any atom is 0.408 e. The van der Waals surface area contributed by atoms with Crippen molar-refractivity contribution in [2.24, 2.45) is 0 Å². The number of carboxylic acids is 1. The lowest BCUT2D eigenvalue weighted by atomic mass is 10.1. The fourth-order valence-corrected chi connectivity index (χ4v) is 2.71. The van der Waals surface area contributed by atoms with Crippen LogP contribution in [0.1, 0.15) is 26.3 Å². The van der Waals surface area contributed by atoms with Crippen molar-refractivity contribution in [2.45, 2.75) is 38.8 Å². The summed E-state index contributed by atoms with van der Waals surface area (Å²) >= 11 is 11.6. The van der Waals surface area contributed by atoms with Gasteiger partial charge in [-0.1, -0.05) is 12.1 Å². The fourth-order valence-electron chi connectivity index (χ4n) is 2.30. The molecule has 0 aliphatic carbocycles. The molecule has 1 amide bonds. The number of nitrogens with zero attached hydrogens (tertiary/aromatic N) is 1. The molecule has 2 N–H and O–H groups in total. The summed E-state index contributed by atoms with van der Waals surface area (Å²) < 4.78 is 5.12. The zero-order chi connectivity index (χ0) is 19.7. The summed E-state index contributed by atoms with van der Waals surface area (Å²) in [5.41, 5.74) is 1.05. The molecule has 0 aliphatic rings. The second-order valence-corrected chi connectivity index (χ2v) is 7.53. The Morgan fingerprint density at radius 3 is 2.12 bits per heavy atom. The number of hydrogen-bond acceptors (Lipinski definition) is 4. The van der Waals surface area contributed by atoms with E-state index in [-0.39, 0.29) is 6.42 Å². The predicted octanol–water partition coefficient (Wildman–Crippen LogP) is 3.49. The topological polar surface area (TPSA) is 78.9 Å². The van der Waals surface area contributed by atoms with Crippen LogP contribution in [0.15, 0.2) is 24.3 Å². The van der Waals surface area contributed by atoms with Crippen LogP contribution >= 0.6 is 23.2 Å². The van der Waals surface area contributed by atoms with E-state index < -0.39 is 23.7 Å². The van der Waals surface area contributed by atoms with E-state index in [1.165, 1.54) is 0 Å². The normalized spacial score (nSPS) is 12.3. The standard InChI is InChI=1S/C18H26Cl2N2O4/c1-18(2,3)26-17(25)21-15(16(23)24)12-13-4-6-14(7-5-13)22(10-8-19)11-9-20/h4-7,15H,8-12H2,1-3H3,(H,21,25)(H,23,24). The number of carbonyl (C=O) groups excluding carboxylic acids is 1. The zero-order valence-electron chi connectivity index (χ0n) is 15.3. The molecule has 26 heavy (non-hydrogen) atoms. The molecule has 0 aromatic heterocycles. The van der Waals surface area contributed by atoms with E-state index in [0.717, 1.165) is 11.3 Å². The lowest BCUT2D eigenvalue weighted by molar-refractivity contribution is -0.139. The van der Waals surface area contributed by atoms with Gasteiger partial charge in [0, 0.05) is 37.0 Å². The van der Waals surface area contributed by atoms with Crippen LogP contribution in [0.3, 0.4) is 0 Å². The Hall–Kier alpha value is -1.66. The van der Waals surface area contributed by atoms with Crippen molar-refractivity contribution < 1.29 is 19.4 Å². The van der Waals surface area contributed by atoms with Gasteiger partial charge in [-0.15, -0.1) is 23.2 Å². The number of hydrogen-bond donors (Lipinski definition) is 2. The first-order valence-corrected chi connectivity index (χ1v) is 9.41. The van der Waals surface area contributed by atoms with Gasteiger partial charge in [0.2, 0.25) is 0 Å². The summed E-state index contributed by atoms with van der Waals surface area (Å²) in [7, 11) is 0. The number of nitrogens with one attached hydrogen (secondary N) is 1. The van der Waals surface area contributed by atoms with Gasteiger partial charge in [-0.2, -0.15) is 0 Å². The van der Waals surface area contributed by atoms with Gasteiger partial charge < -0.3 is 20.1 Å². The number of rotatable bonds is 9. The molecular weight excluding hydrogens is 379 g/mol. The third kappa shape index (κ3) is 8.15. The van der Waals surface area contributed by atoms with E-state index in [4.69, 9.17) is 27.9 Å². The average Bonchev–Trinajstić information content (AvgIpc) is 2.53. The minimum absolute atomic E-state index is 0.153. The van der Waals surface area contributed by atoms with E-state index >= 15 is 0 Å². The van der Waals surface area contributed by atoms with Gasteiger partial charge in [-0.25, -0.2) is 9.59 Å². The Labute approximate surface area is 164 Å². The van der Waals surface area contributed by atoms with Gasteiger partial charge in [0.1, 0.15) is 11.6 Å². The van der Waals surface area contributed by atoms with Gasteiger partial charge in [0.15, 0.2) is 0 Å². The van der Waals surface area contributed by atoms with Crippen LogP contribution in [-0.2, 0) is 16.0 Å². The molecule has 0 saturated carbocycles. The van der Waals surface area contributed by atoms with Crippen LogP contribution in [0.5, 0.6) is 0 Å².